The quantitative estimate of drug-likeness (QED) is 0.384. The summed E-state index contributed by atoms with van der Waals surface area (Å²) >= 11 is 3.38. The summed E-state index contributed by atoms with van der Waals surface area (Å²) in [6.45, 7) is 1.62. The summed E-state index contributed by atoms with van der Waals surface area (Å²) < 4.78 is 6.82. The van der Waals surface area contributed by atoms with Crippen LogP contribution < -0.4 is 0 Å². The van der Waals surface area contributed by atoms with Crippen LogP contribution >= 0.6 is 23.1 Å². The van der Waals surface area contributed by atoms with Gasteiger partial charge in [0.15, 0.2) is 0 Å². The number of rotatable bonds is 6. The molecule has 0 saturated carbocycles. The number of amides is 1. The zero-order valence-corrected chi connectivity index (χ0v) is 18.7. The Balaban J connectivity index is 1.09. The van der Waals surface area contributed by atoms with Crippen molar-refractivity contribution in [2.75, 3.05) is 18.8 Å². The van der Waals surface area contributed by atoms with Gasteiger partial charge in [0.25, 0.3) is 0 Å². The van der Waals surface area contributed by atoms with Gasteiger partial charge < -0.3 is 9.32 Å². The molecule has 4 aromatic rings. The van der Waals surface area contributed by atoms with Gasteiger partial charge in [-0.2, -0.15) is 0 Å². The third-order valence-corrected chi connectivity index (χ3v) is 7.71. The molecule has 158 valence electrons. The number of thiazole rings is 1. The normalized spacial score (nSPS) is 14.9. The molecule has 31 heavy (non-hydrogen) atoms. The molecule has 0 atom stereocenters. The van der Waals surface area contributed by atoms with Gasteiger partial charge in [-0.05, 0) is 37.1 Å². The zero-order chi connectivity index (χ0) is 21.0. The molecule has 2 aromatic carbocycles. The van der Waals surface area contributed by atoms with E-state index < -0.39 is 0 Å². The van der Waals surface area contributed by atoms with Crippen LogP contribution in [-0.4, -0.2) is 39.6 Å². The minimum atomic E-state index is 0.208. The fourth-order valence-corrected chi connectivity index (χ4v) is 5.80. The molecule has 3 heterocycles. The average Bonchev–Trinajstić information content (AvgIpc) is 3.47. The summed E-state index contributed by atoms with van der Waals surface area (Å²) in [6.07, 6.45) is 3.66. The molecule has 0 bridgehead atoms. The monoisotopic (exact) mass is 449 g/mol. The van der Waals surface area contributed by atoms with Gasteiger partial charge in [0.1, 0.15) is 6.26 Å². The number of likely N-dealkylation sites (tertiary alicyclic amines) is 1. The highest BCUT2D eigenvalue weighted by Gasteiger charge is 2.25. The Labute approximate surface area is 189 Å². The Bertz CT molecular complexity index is 1130. The smallest absolute Gasteiger partial charge is 0.232 e. The number of para-hydroxylation sites is 1. The van der Waals surface area contributed by atoms with E-state index in [-0.39, 0.29) is 5.91 Å². The maximum Gasteiger partial charge on any atom is 0.232 e. The third-order valence-electron chi connectivity index (χ3n) is 5.56. The van der Waals surface area contributed by atoms with E-state index in [4.69, 9.17) is 9.40 Å². The first kappa shape index (κ1) is 20.3. The molecule has 1 fully saturated rings. The van der Waals surface area contributed by atoms with Crippen molar-refractivity contribution in [2.45, 2.75) is 24.5 Å². The van der Waals surface area contributed by atoms with E-state index in [9.17, 15) is 4.79 Å². The highest BCUT2D eigenvalue weighted by molar-refractivity contribution is 7.99. The second-order valence-electron chi connectivity index (χ2n) is 7.68. The topological polar surface area (TPSA) is 59.2 Å². The van der Waals surface area contributed by atoms with Gasteiger partial charge in [0, 0.05) is 30.3 Å². The van der Waals surface area contributed by atoms with Crippen molar-refractivity contribution in [3.8, 4) is 11.5 Å². The molecule has 0 N–H and O–H groups in total. The number of piperidine rings is 1. The SMILES string of the molecule is O=C(CSCc1coc(-c2ccccc2)n1)N1CCC(c2nc3ccccc3s2)CC1. The molecule has 0 spiro atoms. The first-order valence-corrected chi connectivity index (χ1v) is 12.4. The zero-order valence-electron chi connectivity index (χ0n) is 17.1. The fraction of sp³-hybridized carbons (Fsp3) is 0.292. The lowest BCUT2D eigenvalue weighted by Gasteiger charge is -2.31. The number of benzene rings is 2. The predicted octanol–water partition coefficient (Wildman–Crippen LogP) is 5.59. The number of carbonyl (C=O) groups excluding carboxylic acids is 1. The molecule has 5 rings (SSSR count). The summed E-state index contributed by atoms with van der Waals surface area (Å²) in [6, 6.07) is 18.1. The number of fused-ring (bicyclic) bond motifs is 1. The molecule has 2 aromatic heterocycles. The Hall–Kier alpha value is -2.64. The van der Waals surface area contributed by atoms with E-state index in [2.05, 4.69) is 23.2 Å². The number of oxazole rings is 1. The summed E-state index contributed by atoms with van der Waals surface area (Å²) in [5, 5.41) is 1.21. The number of thioether (sulfide) groups is 1. The van der Waals surface area contributed by atoms with E-state index in [1.807, 2.05) is 41.3 Å². The molecule has 7 heteroatoms. The molecule has 1 aliphatic heterocycles. The number of aromatic nitrogens is 2. The maximum atomic E-state index is 12.6. The van der Waals surface area contributed by atoms with Crippen molar-refractivity contribution in [1.29, 1.82) is 0 Å². The van der Waals surface area contributed by atoms with E-state index in [1.54, 1.807) is 29.4 Å². The van der Waals surface area contributed by atoms with Gasteiger partial charge in [0.2, 0.25) is 11.8 Å². The van der Waals surface area contributed by atoms with Crippen LogP contribution in [0, 0.1) is 0 Å². The van der Waals surface area contributed by atoms with Gasteiger partial charge in [0.05, 0.1) is 26.7 Å². The Morgan fingerprint density at radius 1 is 1.06 bits per heavy atom. The van der Waals surface area contributed by atoms with Gasteiger partial charge >= 0.3 is 0 Å². The van der Waals surface area contributed by atoms with Crippen molar-refractivity contribution < 1.29 is 9.21 Å². The standard InChI is InChI=1S/C24H23N3O2S2/c28-22(16-30-15-19-14-29-23(25-19)17-6-2-1-3-7-17)27-12-10-18(11-13-27)24-26-20-8-4-5-9-21(20)31-24/h1-9,14,18H,10-13,15-16H2. The molecule has 0 aliphatic carbocycles. The van der Waals surface area contributed by atoms with Gasteiger partial charge in [-0.1, -0.05) is 30.3 Å². The summed E-state index contributed by atoms with van der Waals surface area (Å²) in [5.41, 5.74) is 2.91. The number of hydrogen-bond donors (Lipinski definition) is 0. The Kier molecular flexibility index (Phi) is 6.04. The maximum absolute atomic E-state index is 12.6. The first-order chi connectivity index (χ1) is 15.3. The third kappa shape index (κ3) is 4.67. The molecular weight excluding hydrogens is 426 g/mol. The van der Waals surface area contributed by atoms with Gasteiger partial charge in [-0.15, -0.1) is 23.1 Å². The molecule has 0 radical (unpaired) electrons. The van der Waals surface area contributed by atoms with Crippen molar-refractivity contribution in [3.63, 3.8) is 0 Å². The highest BCUT2D eigenvalue weighted by atomic mass is 32.2. The first-order valence-electron chi connectivity index (χ1n) is 10.5. The van der Waals surface area contributed by atoms with Crippen LogP contribution in [-0.2, 0) is 10.5 Å². The van der Waals surface area contributed by atoms with Crippen LogP contribution in [0.5, 0.6) is 0 Å². The molecule has 1 aliphatic rings. The van der Waals surface area contributed by atoms with Crippen molar-refractivity contribution in [2.24, 2.45) is 0 Å². The summed E-state index contributed by atoms with van der Waals surface area (Å²) in [4.78, 5) is 24.0. The predicted molar refractivity (Wildman–Crippen MR) is 126 cm³/mol. The summed E-state index contributed by atoms with van der Waals surface area (Å²) in [5.74, 6) is 2.43. The van der Waals surface area contributed by atoms with E-state index >= 15 is 0 Å². The van der Waals surface area contributed by atoms with Crippen LogP contribution in [0.15, 0.2) is 65.3 Å². The minimum absolute atomic E-state index is 0.208. The van der Waals surface area contributed by atoms with Crippen LogP contribution in [0.3, 0.4) is 0 Å². The van der Waals surface area contributed by atoms with Gasteiger partial charge in [-0.25, -0.2) is 9.97 Å². The fourth-order valence-electron chi connectivity index (χ4n) is 3.86. The Morgan fingerprint density at radius 3 is 2.65 bits per heavy atom. The molecular formula is C24H23N3O2S2. The molecule has 1 amide bonds. The number of nitrogens with zero attached hydrogens (tertiary/aromatic N) is 3. The molecule has 1 saturated heterocycles. The second kappa shape index (κ2) is 9.24. The lowest BCUT2D eigenvalue weighted by atomic mass is 9.97. The highest BCUT2D eigenvalue weighted by Crippen LogP contribution is 2.34. The number of hydrogen-bond acceptors (Lipinski definition) is 6. The Morgan fingerprint density at radius 2 is 1.84 bits per heavy atom. The van der Waals surface area contributed by atoms with Crippen LogP contribution in [0.1, 0.15) is 29.5 Å². The van der Waals surface area contributed by atoms with Crippen molar-refractivity contribution in [1.82, 2.24) is 14.9 Å². The largest absolute Gasteiger partial charge is 0.444 e. The molecule has 5 nitrogen and oxygen atoms in total. The number of carbonyl (C=O) groups is 1. The van der Waals surface area contributed by atoms with E-state index in [0.717, 1.165) is 42.7 Å². The second-order valence-corrected chi connectivity index (χ2v) is 9.73. The minimum Gasteiger partial charge on any atom is -0.444 e. The van der Waals surface area contributed by atoms with E-state index in [1.165, 1.54) is 9.71 Å². The van der Waals surface area contributed by atoms with Crippen molar-refractivity contribution >= 4 is 39.2 Å². The van der Waals surface area contributed by atoms with Gasteiger partial charge in [-0.3, -0.25) is 4.79 Å². The van der Waals surface area contributed by atoms with Crippen LogP contribution in [0.25, 0.3) is 21.7 Å². The van der Waals surface area contributed by atoms with E-state index in [0.29, 0.717) is 23.3 Å². The summed E-state index contributed by atoms with van der Waals surface area (Å²) in [7, 11) is 0. The van der Waals surface area contributed by atoms with Crippen LogP contribution in [0.4, 0.5) is 0 Å². The average molecular weight is 450 g/mol. The van der Waals surface area contributed by atoms with Crippen molar-refractivity contribution in [3.05, 3.63) is 71.6 Å². The molecule has 0 unspecified atom stereocenters. The lowest BCUT2D eigenvalue weighted by molar-refractivity contribution is -0.129. The van der Waals surface area contributed by atoms with Crippen LogP contribution in [0.2, 0.25) is 0 Å². The lowest BCUT2D eigenvalue weighted by Crippen LogP contribution is -2.38.